The molecule has 8 heteroatoms. The first-order chi connectivity index (χ1) is 12.7. The molecule has 136 valence electrons. The van der Waals surface area contributed by atoms with Crippen LogP contribution in [0.25, 0.3) is 21.9 Å². The number of benzene rings is 1. The highest BCUT2D eigenvalue weighted by atomic mass is 16.6. The van der Waals surface area contributed by atoms with Gasteiger partial charge in [-0.25, -0.2) is 14.8 Å². The standard InChI is InChI=1S/C18H21N5O3/c1-3-26-18(24)23-9-7-22(8-10-23)17-16-15(19-11-20-17)14-12(21-16)5-4-6-13(14)25-2/h4-6,11,21H,3,7-10H2,1-2H3. The highest BCUT2D eigenvalue weighted by Crippen LogP contribution is 2.34. The molecule has 1 aromatic carbocycles. The predicted octanol–water partition coefficient (Wildman–Crippen LogP) is 2.40. The number of ether oxygens (including phenoxy) is 2. The van der Waals surface area contributed by atoms with Crippen LogP contribution in [0.5, 0.6) is 5.75 Å². The zero-order valence-electron chi connectivity index (χ0n) is 14.9. The van der Waals surface area contributed by atoms with Crippen molar-refractivity contribution in [3.8, 4) is 5.75 Å². The van der Waals surface area contributed by atoms with E-state index in [-0.39, 0.29) is 6.09 Å². The summed E-state index contributed by atoms with van der Waals surface area (Å²) < 4.78 is 10.6. The van der Waals surface area contributed by atoms with E-state index in [1.54, 1.807) is 18.3 Å². The Morgan fingerprint density at radius 1 is 1.23 bits per heavy atom. The second-order valence-corrected chi connectivity index (χ2v) is 6.10. The molecule has 1 N–H and O–H groups in total. The van der Waals surface area contributed by atoms with Crippen LogP contribution in [0, 0.1) is 0 Å². The van der Waals surface area contributed by atoms with Crippen molar-refractivity contribution in [2.24, 2.45) is 0 Å². The molecule has 0 unspecified atom stereocenters. The quantitative estimate of drug-likeness (QED) is 0.777. The molecule has 26 heavy (non-hydrogen) atoms. The van der Waals surface area contributed by atoms with Crippen LogP contribution in [0.1, 0.15) is 6.92 Å². The average molecular weight is 355 g/mol. The van der Waals surface area contributed by atoms with Gasteiger partial charge in [-0.15, -0.1) is 0 Å². The van der Waals surface area contributed by atoms with Crippen LogP contribution in [-0.2, 0) is 4.74 Å². The average Bonchev–Trinajstić information content (AvgIpc) is 3.07. The highest BCUT2D eigenvalue weighted by Gasteiger charge is 2.25. The largest absolute Gasteiger partial charge is 0.496 e. The molecule has 1 fully saturated rings. The lowest BCUT2D eigenvalue weighted by Gasteiger charge is -2.34. The van der Waals surface area contributed by atoms with E-state index in [9.17, 15) is 4.79 Å². The number of hydrogen-bond acceptors (Lipinski definition) is 6. The molecule has 0 saturated carbocycles. The molecule has 8 nitrogen and oxygen atoms in total. The summed E-state index contributed by atoms with van der Waals surface area (Å²) in [6.07, 6.45) is 1.32. The van der Waals surface area contributed by atoms with E-state index >= 15 is 0 Å². The van der Waals surface area contributed by atoms with Crippen molar-refractivity contribution in [1.29, 1.82) is 0 Å². The van der Waals surface area contributed by atoms with Gasteiger partial charge in [0.25, 0.3) is 0 Å². The van der Waals surface area contributed by atoms with Crippen molar-refractivity contribution in [1.82, 2.24) is 19.9 Å². The minimum absolute atomic E-state index is 0.254. The van der Waals surface area contributed by atoms with E-state index in [0.29, 0.717) is 32.8 Å². The minimum atomic E-state index is -0.254. The molecule has 0 aliphatic carbocycles. The van der Waals surface area contributed by atoms with Crippen LogP contribution in [-0.4, -0.2) is 65.8 Å². The summed E-state index contributed by atoms with van der Waals surface area (Å²) in [5.41, 5.74) is 2.69. The Morgan fingerprint density at radius 2 is 2.04 bits per heavy atom. The van der Waals surface area contributed by atoms with Gasteiger partial charge in [0, 0.05) is 26.2 Å². The fourth-order valence-electron chi connectivity index (χ4n) is 3.42. The number of hydrogen-bond donors (Lipinski definition) is 1. The van der Waals surface area contributed by atoms with E-state index < -0.39 is 0 Å². The molecule has 1 aliphatic rings. The Balaban J connectivity index is 1.67. The second kappa shape index (κ2) is 6.70. The van der Waals surface area contributed by atoms with Crippen molar-refractivity contribution in [2.45, 2.75) is 6.92 Å². The van der Waals surface area contributed by atoms with Crippen molar-refractivity contribution < 1.29 is 14.3 Å². The van der Waals surface area contributed by atoms with Gasteiger partial charge in [0.2, 0.25) is 0 Å². The van der Waals surface area contributed by atoms with Crippen molar-refractivity contribution in [2.75, 3.05) is 44.8 Å². The minimum Gasteiger partial charge on any atom is -0.496 e. The van der Waals surface area contributed by atoms with E-state index in [4.69, 9.17) is 9.47 Å². The van der Waals surface area contributed by atoms with Gasteiger partial charge in [-0.3, -0.25) is 0 Å². The molecule has 1 aliphatic heterocycles. The Hall–Kier alpha value is -3.03. The zero-order valence-corrected chi connectivity index (χ0v) is 14.9. The number of fused-ring (bicyclic) bond motifs is 3. The number of anilines is 1. The van der Waals surface area contributed by atoms with Crippen LogP contribution >= 0.6 is 0 Å². The molecule has 0 bridgehead atoms. The van der Waals surface area contributed by atoms with Crippen LogP contribution in [0.3, 0.4) is 0 Å². The number of amides is 1. The maximum atomic E-state index is 11.9. The van der Waals surface area contributed by atoms with Gasteiger partial charge in [-0.05, 0) is 19.1 Å². The van der Waals surface area contributed by atoms with Crippen molar-refractivity contribution >= 4 is 33.8 Å². The third-order valence-electron chi connectivity index (χ3n) is 4.68. The first-order valence-electron chi connectivity index (χ1n) is 8.69. The number of aromatic nitrogens is 3. The Morgan fingerprint density at radius 3 is 2.77 bits per heavy atom. The predicted molar refractivity (Wildman–Crippen MR) is 98.8 cm³/mol. The van der Waals surface area contributed by atoms with Crippen LogP contribution < -0.4 is 9.64 Å². The molecule has 1 saturated heterocycles. The lowest BCUT2D eigenvalue weighted by Crippen LogP contribution is -2.49. The summed E-state index contributed by atoms with van der Waals surface area (Å²) >= 11 is 0. The topological polar surface area (TPSA) is 83.6 Å². The first kappa shape index (κ1) is 16.4. The van der Waals surface area contributed by atoms with E-state index in [2.05, 4.69) is 19.9 Å². The number of aromatic amines is 1. The highest BCUT2D eigenvalue weighted by molar-refractivity contribution is 6.11. The van der Waals surface area contributed by atoms with Gasteiger partial charge >= 0.3 is 6.09 Å². The lowest BCUT2D eigenvalue weighted by molar-refractivity contribution is 0.105. The van der Waals surface area contributed by atoms with Gasteiger partial charge in [-0.2, -0.15) is 0 Å². The molecule has 0 spiro atoms. The third-order valence-corrected chi connectivity index (χ3v) is 4.68. The number of carbonyl (C=O) groups excluding carboxylic acids is 1. The van der Waals surface area contributed by atoms with Gasteiger partial charge in [0.15, 0.2) is 5.82 Å². The number of piperazine rings is 1. The maximum Gasteiger partial charge on any atom is 0.409 e. The Labute approximate surface area is 150 Å². The molecular formula is C18H21N5O3. The van der Waals surface area contributed by atoms with Crippen molar-refractivity contribution in [3.05, 3.63) is 24.5 Å². The Bertz CT molecular complexity index is 947. The summed E-state index contributed by atoms with van der Waals surface area (Å²) in [6.45, 7) is 4.80. The van der Waals surface area contributed by atoms with E-state index in [1.165, 1.54) is 0 Å². The molecule has 3 heterocycles. The van der Waals surface area contributed by atoms with Gasteiger partial charge in [0.1, 0.15) is 23.1 Å². The SMILES string of the molecule is CCOC(=O)N1CCN(c2ncnc3c2[nH]c2cccc(OC)c23)CC1. The van der Waals surface area contributed by atoms with Crippen LogP contribution in [0.4, 0.5) is 10.6 Å². The number of rotatable bonds is 3. The maximum absolute atomic E-state index is 11.9. The lowest BCUT2D eigenvalue weighted by atomic mass is 10.2. The molecule has 2 aromatic heterocycles. The fourth-order valence-corrected chi connectivity index (χ4v) is 3.42. The molecule has 3 aromatic rings. The van der Waals surface area contributed by atoms with E-state index in [1.807, 2.05) is 25.1 Å². The third kappa shape index (κ3) is 2.67. The normalized spacial score (nSPS) is 14.8. The van der Waals surface area contributed by atoms with E-state index in [0.717, 1.165) is 33.5 Å². The summed E-state index contributed by atoms with van der Waals surface area (Å²) in [5.74, 6) is 1.63. The number of carbonyl (C=O) groups is 1. The summed E-state index contributed by atoms with van der Waals surface area (Å²) in [7, 11) is 1.66. The molecule has 1 amide bonds. The number of methoxy groups -OCH3 is 1. The second-order valence-electron chi connectivity index (χ2n) is 6.10. The summed E-state index contributed by atoms with van der Waals surface area (Å²) in [4.78, 5) is 28.2. The van der Waals surface area contributed by atoms with Crippen molar-refractivity contribution in [3.63, 3.8) is 0 Å². The Kier molecular flexibility index (Phi) is 4.24. The monoisotopic (exact) mass is 355 g/mol. The van der Waals surface area contributed by atoms with Gasteiger partial charge in [-0.1, -0.05) is 6.07 Å². The number of nitrogens with zero attached hydrogens (tertiary/aromatic N) is 4. The molecule has 0 radical (unpaired) electrons. The summed E-state index contributed by atoms with van der Waals surface area (Å²) in [5, 5.41) is 0.957. The van der Waals surface area contributed by atoms with Crippen LogP contribution in [0.2, 0.25) is 0 Å². The molecule has 4 rings (SSSR count). The molecular weight excluding hydrogens is 334 g/mol. The first-order valence-corrected chi connectivity index (χ1v) is 8.69. The van der Waals surface area contributed by atoms with Gasteiger partial charge < -0.3 is 24.3 Å². The number of nitrogens with one attached hydrogen (secondary N) is 1. The smallest absolute Gasteiger partial charge is 0.409 e. The molecule has 0 atom stereocenters. The van der Waals surface area contributed by atoms with Crippen LogP contribution in [0.15, 0.2) is 24.5 Å². The summed E-state index contributed by atoms with van der Waals surface area (Å²) in [6, 6.07) is 5.87. The zero-order chi connectivity index (χ0) is 18.1. The number of H-pyrrole nitrogens is 1. The fraction of sp³-hybridized carbons (Fsp3) is 0.389. The van der Waals surface area contributed by atoms with Gasteiger partial charge in [0.05, 0.1) is 24.6 Å².